The van der Waals surface area contributed by atoms with Crippen molar-refractivity contribution in [3.05, 3.63) is 83.2 Å². The lowest BCUT2D eigenvalue weighted by Gasteiger charge is -2.23. The van der Waals surface area contributed by atoms with Gasteiger partial charge in [0.05, 0.1) is 18.4 Å². The normalized spacial score (nSPS) is 15.9. The van der Waals surface area contributed by atoms with Crippen molar-refractivity contribution in [3.8, 4) is 5.75 Å². The monoisotopic (exact) mass is 359 g/mol. The van der Waals surface area contributed by atoms with Crippen LogP contribution >= 0.6 is 0 Å². The Hall–Kier alpha value is -3.21. The molecule has 1 atom stereocenters. The zero-order valence-corrected chi connectivity index (χ0v) is 15.2. The number of aromatic nitrogens is 2. The molecule has 3 aromatic rings. The summed E-state index contributed by atoms with van der Waals surface area (Å²) in [7, 11) is 1.65. The van der Waals surface area contributed by atoms with E-state index < -0.39 is 0 Å². The van der Waals surface area contributed by atoms with Crippen molar-refractivity contribution < 1.29 is 9.53 Å². The Bertz CT molecular complexity index is 940. The van der Waals surface area contributed by atoms with Crippen LogP contribution in [0, 0.1) is 0 Å². The average molecular weight is 359 g/mol. The fourth-order valence-electron chi connectivity index (χ4n) is 3.42. The molecule has 5 heteroatoms. The molecule has 0 fully saturated rings. The summed E-state index contributed by atoms with van der Waals surface area (Å²) in [5.41, 5.74) is 3.75. The van der Waals surface area contributed by atoms with E-state index in [2.05, 4.69) is 27.4 Å². The summed E-state index contributed by atoms with van der Waals surface area (Å²) in [5.74, 6) is 1.61. The van der Waals surface area contributed by atoms with E-state index in [0.29, 0.717) is 24.5 Å². The van der Waals surface area contributed by atoms with Gasteiger partial charge in [-0.05, 0) is 35.6 Å². The number of anilines is 1. The van der Waals surface area contributed by atoms with Crippen LogP contribution in [0.25, 0.3) is 0 Å². The highest BCUT2D eigenvalue weighted by atomic mass is 16.5. The first-order valence-corrected chi connectivity index (χ1v) is 9.04. The van der Waals surface area contributed by atoms with Crippen LogP contribution in [0.1, 0.15) is 39.5 Å². The standard InChI is InChI=1S/C22H21N3O2/c1-27-18-9-7-16(8-10-18)17-11-20-19(21(26)12-17)14-24-22(25-20)23-13-15-5-3-2-4-6-15/h2-10,14,17H,11-13H2,1H3,(H,23,24,25)/t17-/m1/s1. The molecule has 0 saturated carbocycles. The van der Waals surface area contributed by atoms with Crippen molar-refractivity contribution in [2.45, 2.75) is 25.3 Å². The van der Waals surface area contributed by atoms with Crippen molar-refractivity contribution >= 4 is 11.7 Å². The van der Waals surface area contributed by atoms with Gasteiger partial charge in [-0.25, -0.2) is 9.97 Å². The van der Waals surface area contributed by atoms with Crippen molar-refractivity contribution in [2.75, 3.05) is 12.4 Å². The third-order valence-electron chi connectivity index (χ3n) is 4.92. The van der Waals surface area contributed by atoms with Crippen LogP contribution in [-0.4, -0.2) is 22.9 Å². The van der Waals surface area contributed by atoms with Crippen LogP contribution in [0.2, 0.25) is 0 Å². The molecule has 0 bridgehead atoms. The van der Waals surface area contributed by atoms with Crippen molar-refractivity contribution in [2.24, 2.45) is 0 Å². The highest BCUT2D eigenvalue weighted by molar-refractivity contribution is 5.98. The Labute approximate surface area is 158 Å². The lowest BCUT2D eigenvalue weighted by Crippen LogP contribution is -2.21. The number of hydrogen-bond acceptors (Lipinski definition) is 5. The maximum Gasteiger partial charge on any atom is 0.223 e. The molecular formula is C22H21N3O2. The van der Waals surface area contributed by atoms with Gasteiger partial charge in [0.25, 0.3) is 0 Å². The fraction of sp³-hybridized carbons (Fsp3) is 0.227. The number of ketones is 1. The number of benzene rings is 2. The predicted molar refractivity (Wildman–Crippen MR) is 104 cm³/mol. The number of rotatable bonds is 5. The van der Waals surface area contributed by atoms with Crippen LogP contribution in [0.5, 0.6) is 5.75 Å². The summed E-state index contributed by atoms with van der Waals surface area (Å²) in [5, 5.41) is 3.25. The molecule has 27 heavy (non-hydrogen) atoms. The molecule has 1 heterocycles. The van der Waals surface area contributed by atoms with Crippen LogP contribution in [0.15, 0.2) is 60.8 Å². The van der Waals surface area contributed by atoms with Crippen molar-refractivity contribution in [3.63, 3.8) is 0 Å². The number of nitrogens with zero attached hydrogens (tertiary/aromatic N) is 2. The quantitative estimate of drug-likeness (QED) is 0.746. The van der Waals surface area contributed by atoms with Gasteiger partial charge in [0.1, 0.15) is 5.75 Å². The molecule has 2 aromatic carbocycles. The Kier molecular flexibility index (Phi) is 4.83. The highest BCUT2D eigenvalue weighted by Crippen LogP contribution is 2.32. The fourth-order valence-corrected chi connectivity index (χ4v) is 3.42. The second-order valence-electron chi connectivity index (χ2n) is 6.69. The Morgan fingerprint density at radius 2 is 1.85 bits per heavy atom. The maximum absolute atomic E-state index is 12.6. The lowest BCUT2D eigenvalue weighted by atomic mass is 9.82. The second-order valence-corrected chi connectivity index (χ2v) is 6.69. The summed E-state index contributed by atoms with van der Waals surface area (Å²) < 4.78 is 5.22. The number of methoxy groups -OCH3 is 1. The molecule has 5 nitrogen and oxygen atoms in total. The number of fused-ring (bicyclic) bond motifs is 1. The summed E-state index contributed by atoms with van der Waals surface area (Å²) >= 11 is 0. The van der Waals surface area contributed by atoms with E-state index in [0.717, 1.165) is 29.0 Å². The van der Waals surface area contributed by atoms with Crippen LogP contribution in [0.3, 0.4) is 0 Å². The van der Waals surface area contributed by atoms with Crippen LogP contribution in [0.4, 0.5) is 5.95 Å². The van der Waals surface area contributed by atoms with Gasteiger partial charge in [0.15, 0.2) is 5.78 Å². The summed E-state index contributed by atoms with van der Waals surface area (Å²) in [6.45, 7) is 0.648. The highest BCUT2D eigenvalue weighted by Gasteiger charge is 2.28. The van der Waals surface area contributed by atoms with Gasteiger partial charge in [-0.2, -0.15) is 0 Å². The lowest BCUT2D eigenvalue weighted by molar-refractivity contribution is 0.0962. The smallest absolute Gasteiger partial charge is 0.223 e. The molecule has 0 saturated heterocycles. The minimum Gasteiger partial charge on any atom is -0.497 e. The summed E-state index contributed by atoms with van der Waals surface area (Å²) in [4.78, 5) is 21.5. The van der Waals surface area contributed by atoms with E-state index in [4.69, 9.17) is 4.74 Å². The molecule has 0 radical (unpaired) electrons. The average Bonchev–Trinajstić information content (AvgIpc) is 2.73. The van der Waals surface area contributed by atoms with E-state index in [9.17, 15) is 4.79 Å². The molecule has 0 amide bonds. The Morgan fingerprint density at radius 1 is 1.07 bits per heavy atom. The Morgan fingerprint density at radius 3 is 2.59 bits per heavy atom. The molecule has 1 aliphatic rings. The minimum absolute atomic E-state index is 0.103. The van der Waals surface area contributed by atoms with Gasteiger partial charge in [-0.15, -0.1) is 0 Å². The van der Waals surface area contributed by atoms with Gasteiger partial charge in [-0.1, -0.05) is 42.5 Å². The van der Waals surface area contributed by atoms with Gasteiger partial charge in [0.2, 0.25) is 5.95 Å². The van der Waals surface area contributed by atoms with E-state index in [-0.39, 0.29) is 11.7 Å². The third kappa shape index (κ3) is 3.82. The first-order valence-electron chi connectivity index (χ1n) is 9.04. The zero-order chi connectivity index (χ0) is 18.6. The van der Waals surface area contributed by atoms with Crippen LogP contribution < -0.4 is 10.1 Å². The first kappa shape index (κ1) is 17.2. The van der Waals surface area contributed by atoms with Gasteiger partial charge in [0, 0.05) is 19.2 Å². The SMILES string of the molecule is COc1ccc([C@H]2CC(=O)c3cnc(NCc4ccccc4)nc3C2)cc1. The third-order valence-corrected chi connectivity index (χ3v) is 4.92. The number of ether oxygens (including phenoxy) is 1. The Balaban J connectivity index is 1.52. The molecular weight excluding hydrogens is 338 g/mol. The topological polar surface area (TPSA) is 64.1 Å². The predicted octanol–water partition coefficient (Wildman–Crippen LogP) is 4.01. The van der Waals surface area contributed by atoms with E-state index >= 15 is 0 Å². The number of carbonyl (C=O) groups is 1. The zero-order valence-electron chi connectivity index (χ0n) is 15.2. The van der Waals surface area contributed by atoms with Gasteiger partial charge >= 0.3 is 0 Å². The number of Topliss-reactive ketones (excluding diaryl/α,β-unsaturated/α-hetero) is 1. The molecule has 4 rings (SSSR count). The molecule has 1 aromatic heterocycles. The van der Waals surface area contributed by atoms with E-state index in [1.54, 1.807) is 13.3 Å². The molecule has 1 aliphatic carbocycles. The largest absolute Gasteiger partial charge is 0.497 e. The minimum atomic E-state index is 0.103. The summed E-state index contributed by atoms with van der Waals surface area (Å²) in [6, 6.07) is 18.0. The first-order chi connectivity index (χ1) is 13.2. The molecule has 136 valence electrons. The second kappa shape index (κ2) is 7.58. The number of hydrogen-bond donors (Lipinski definition) is 1. The van der Waals surface area contributed by atoms with Gasteiger partial charge in [-0.3, -0.25) is 4.79 Å². The number of carbonyl (C=O) groups excluding carboxylic acids is 1. The van der Waals surface area contributed by atoms with Gasteiger partial charge < -0.3 is 10.1 Å². The van der Waals surface area contributed by atoms with Crippen LogP contribution in [-0.2, 0) is 13.0 Å². The van der Waals surface area contributed by atoms with Crippen molar-refractivity contribution in [1.29, 1.82) is 0 Å². The molecule has 1 N–H and O–H groups in total. The molecule has 0 aliphatic heterocycles. The van der Waals surface area contributed by atoms with E-state index in [1.165, 1.54) is 0 Å². The maximum atomic E-state index is 12.6. The van der Waals surface area contributed by atoms with Crippen molar-refractivity contribution in [1.82, 2.24) is 9.97 Å². The van der Waals surface area contributed by atoms with E-state index in [1.807, 2.05) is 42.5 Å². The number of nitrogens with one attached hydrogen (secondary N) is 1. The molecule has 0 unspecified atom stereocenters. The summed E-state index contributed by atoms with van der Waals surface area (Å²) in [6.07, 6.45) is 2.87. The molecule has 0 spiro atoms.